The number of nitrogen functional groups attached to an aromatic ring is 1. The molecular formula is C20H23Cl2N3O. The van der Waals surface area contributed by atoms with Gasteiger partial charge in [-0.3, -0.25) is 4.79 Å². The summed E-state index contributed by atoms with van der Waals surface area (Å²) in [5, 5.41) is 3.66. The number of benzene rings is 2. The van der Waals surface area contributed by atoms with Gasteiger partial charge in [-0.05, 0) is 61.6 Å². The number of nitrogens with two attached hydrogens (primary N) is 1. The van der Waals surface area contributed by atoms with Gasteiger partial charge < -0.3 is 16.0 Å². The van der Waals surface area contributed by atoms with Crippen LogP contribution >= 0.6 is 23.2 Å². The number of hydrogen-bond acceptors (Lipinski definition) is 3. The standard InChI is InChI=1S/C20H23Cl2N3O/c1-12-5-7-25(8-6-12)19-11-18(17(23)9-13(19)2)24-20(26)14-3-4-15(21)16(22)10-14/h3-4,9-12H,5-8,23H2,1-2H3,(H,24,26). The molecular weight excluding hydrogens is 369 g/mol. The largest absolute Gasteiger partial charge is 0.397 e. The Morgan fingerprint density at radius 1 is 1.15 bits per heavy atom. The first-order chi connectivity index (χ1) is 12.3. The van der Waals surface area contributed by atoms with Crippen molar-refractivity contribution in [2.45, 2.75) is 26.7 Å². The first-order valence-corrected chi connectivity index (χ1v) is 9.52. The predicted molar refractivity (Wildman–Crippen MR) is 111 cm³/mol. The molecule has 138 valence electrons. The first-order valence-electron chi connectivity index (χ1n) is 8.76. The molecule has 0 aromatic heterocycles. The van der Waals surface area contributed by atoms with Crippen molar-refractivity contribution >= 4 is 46.2 Å². The van der Waals surface area contributed by atoms with Crippen LogP contribution in [0.25, 0.3) is 0 Å². The van der Waals surface area contributed by atoms with Gasteiger partial charge in [0.1, 0.15) is 0 Å². The molecule has 0 unspecified atom stereocenters. The van der Waals surface area contributed by atoms with Gasteiger partial charge >= 0.3 is 0 Å². The van der Waals surface area contributed by atoms with Gasteiger partial charge in [-0.2, -0.15) is 0 Å². The number of rotatable bonds is 3. The van der Waals surface area contributed by atoms with Crippen molar-refractivity contribution in [3.05, 3.63) is 51.5 Å². The Morgan fingerprint density at radius 2 is 1.85 bits per heavy atom. The Kier molecular flexibility index (Phi) is 5.64. The second-order valence-electron chi connectivity index (χ2n) is 6.98. The predicted octanol–water partition coefficient (Wildman–Crippen LogP) is 5.37. The molecule has 1 amide bonds. The summed E-state index contributed by atoms with van der Waals surface area (Å²) >= 11 is 11.9. The van der Waals surface area contributed by atoms with Gasteiger partial charge in [-0.25, -0.2) is 0 Å². The van der Waals surface area contributed by atoms with Crippen LogP contribution in [0.15, 0.2) is 30.3 Å². The van der Waals surface area contributed by atoms with Crippen molar-refractivity contribution < 1.29 is 4.79 Å². The third-order valence-corrected chi connectivity index (χ3v) is 5.66. The van der Waals surface area contributed by atoms with E-state index in [9.17, 15) is 4.79 Å². The Hall–Kier alpha value is -1.91. The summed E-state index contributed by atoms with van der Waals surface area (Å²) in [6.45, 7) is 6.38. The van der Waals surface area contributed by atoms with Crippen molar-refractivity contribution in [1.29, 1.82) is 0 Å². The van der Waals surface area contributed by atoms with Crippen LogP contribution in [0.1, 0.15) is 35.7 Å². The van der Waals surface area contributed by atoms with Gasteiger partial charge in [0.2, 0.25) is 0 Å². The van der Waals surface area contributed by atoms with Crippen LogP contribution in [0.5, 0.6) is 0 Å². The maximum Gasteiger partial charge on any atom is 0.255 e. The lowest BCUT2D eigenvalue weighted by molar-refractivity contribution is 0.102. The molecule has 0 saturated carbocycles. The summed E-state index contributed by atoms with van der Waals surface area (Å²) < 4.78 is 0. The molecule has 0 spiro atoms. The molecule has 0 radical (unpaired) electrons. The van der Waals surface area contributed by atoms with Crippen LogP contribution in [0.2, 0.25) is 10.0 Å². The lowest BCUT2D eigenvalue weighted by Crippen LogP contribution is -2.33. The summed E-state index contributed by atoms with van der Waals surface area (Å²) in [6, 6.07) is 8.68. The SMILES string of the molecule is Cc1cc(N)c(NC(=O)c2ccc(Cl)c(Cl)c2)cc1N1CCC(C)CC1. The summed E-state index contributed by atoms with van der Waals surface area (Å²) in [7, 11) is 0. The van der Waals surface area contributed by atoms with E-state index in [1.54, 1.807) is 18.2 Å². The molecule has 3 rings (SSSR count). The smallest absolute Gasteiger partial charge is 0.255 e. The van der Waals surface area contributed by atoms with Crippen molar-refractivity contribution in [3.8, 4) is 0 Å². The van der Waals surface area contributed by atoms with Crippen molar-refractivity contribution in [2.75, 3.05) is 29.0 Å². The molecule has 0 atom stereocenters. The monoisotopic (exact) mass is 391 g/mol. The van der Waals surface area contributed by atoms with Gasteiger partial charge in [0, 0.05) is 24.3 Å². The molecule has 2 aromatic rings. The molecule has 26 heavy (non-hydrogen) atoms. The zero-order valence-electron chi connectivity index (χ0n) is 15.0. The molecule has 1 heterocycles. The minimum absolute atomic E-state index is 0.266. The fraction of sp³-hybridized carbons (Fsp3) is 0.350. The minimum Gasteiger partial charge on any atom is -0.397 e. The average Bonchev–Trinajstić information content (AvgIpc) is 2.60. The molecule has 6 heteroatoms. The molecule has 1 saturated heterocycles. The quantitative estimate of drug-likeness (QED) is 0.691. The highest BCUT2D eigenvalue weighted by molar-refractivity contribution is 6.42. The molecule has 1 aliphatic rings. The van der Waals surface area contributed by atoms with Gasteiger partial charge in [-0.1, -0.05) is 30.1 Å². The Bertz CT molecular complexity index is 830. The van der Waals surface area contributed by atoms with Crippen molar-refractivity contribution in [1.82, 2.24) is 0 Å². The summed E-state index contributed by atoms with van der Waals surface area (Å²) in [5.41, 5.74) is 9.97. The van der Waals surface area contributed by atoms with E-state index < -0.39 is 0 Å². The van der Waals surface area contributed by atoms with E-state index in [0.717, 1.165) is 30.3 Å². The van der Waals surface area contributed by atoms with Gasteiger partial charge in [0.05, 0.1) is 21.4 Å². The first kappa shape index (κ1) is 18.9. The van der Waals surface area contributed by atoms with Crippen LogP contribution in [0.3, 0.4) is 0 Å². The van der Waals surface area contributed by atoms with E-state index in [1.807, 2.05) is 19.1 Å². The fourth-order valence-electron chi connectivity index (χ4n) is 3.25. The van der Waals surface area contributed by atoms with Crippen LogP contribution in [0.4, 0.5) is 17.1 Å². The highest BCUT2D eigenvalue weighted by atomic mass is 35.5. The zero-order valence-corrected chi connectivity index (χ0v) is 16.5. The number of nitrogens with zero attached hydrogens (tertiary/aromatic N) is 1. The number of hydrogen-bond donors (Lipinski definition) is 2. The molecule has 2 aromatic carbocycles. The third kappa shape index (κ3) is 4.08. The molecule has 0 bridgehead atoms. The number of nitrogens with one attached hydrogen (secondary N) is 1. The fourth-order valence-corrected chi connectivity index (χ4v) is 3.55. The second-order valence-corrected chi connectivity index (χ2v) is 7.79. The zero-order chi connectivity index (χ0) is 18.8. The number of piperidine rings is 1. The van der Waals surface area contributed by atoms with Crippen LogP contribution in [0, 0.1) is 12.8 Å². The van der Waals surface area contributed by atoms with Gasteiger partial charge in [0.15, 0.2) is 0 Å². The number of anilines is 3. The molecule has 0 aliphatic carbocycles. The number of aryl methyl sites for hydroxylation is 1. The van der Waals surface area contributed by atoms with Gasteiger partial charge in [0.25, 0.3) is 5.91 Å². The average molecular weight is 392 g/mol. The lowest BCUT2D eigenvalue weighted by Gasteiger charge is -2.33. The van der Waals surface area contributed by atoms with E-state index in [2.05, 4.69) is 17.1 Å². The van der Waals surface area contributed by atoms with E-state index in [0.29, 0.717) is 27.0 Å². The second kappa shape index (κ2) is 7.77. The maximum absolute atomic E-state index is 12.6. The van der Waals surface area contributed by atoms with Crippen LogP contribution in [-0.2, 0) is 0 Å². The highest BCUT2D eigenvalue weighted by Crippen LogP contribution is 2.33. The number of amides is 1. The summed E-state index contributed by atoms with van der Waals surface area (Å²) in [4.78, 5) is 14.9. The summed E-state index contributed by atoms with van der Waals surface area (Å²) in [6.07, 6.45) is 2.35. The lowest BCUT2D eigenvalue weighted by atomic mass is 9.98. The summed E-state index contributed by atoms with van der Waals surface area (Å²) in [5.74, 6) is 0.492. The molecule has 3 N–H and O–H groups in total. The molecule has 1 fully saturated rings. The topological polar surface area (TPSA) is 58.4 Å². The van der Waals surface area contributed by atoms with E-state index in [1.165, 1.54) is 12.8 Å². The number of carbonyl (C=O) groups excluding carboxylic acids is 1. The Labute approximate surface area is 164 Å². The van der Waals surface area contributed by atoms with E-state index in [4.69, 9.17) is 28.9 Å². The van der Waals surface area contributed by atoms with Crippen molar-refractivity contribution in [3.63, 3.8) is 0 Å². The third-order valence-electron chi connectivity index (χ3n) is 4.92. The van der Waals surface area contributed by atoms with Crippen LogP contribution in [-0.4, -0.2) is 19.0 Å². The number of halogens is 2. The van der Waals surface area contributed by atoms with Crippen molar-refractivity contribution in [2.24, 2.45) is 5.92 Å². The maximum atomic E-state index is 12.6. The van der Waals surface area contributed by atoms with Crippen LogP contribution < -0.4 is 16.0 Å². The Balaban J connectivity index is 1.84. The minimum atomic E-state index is -0.266. The van der Waals surface area contributed by atoms with E-state index in [-0.39, 0.29) is 5.91 Å². The normalized spacial score (nSPS) is 15.2. The van der Waals surface area contributed by atoms with Gasteiger partial charge in [-0.15, -0.1) is 0 Å². The number of carbonyl (C=O) groups is 1. The van der Waals surface area contributed by atoms with E-state index >= 15 is 0 Å². The molecule has 4 nitrogen and oxygen atoms in total. The Morgan fingerprint density at radius 3 is 2.50 bits per heavy atom. The molecule has 1 aliphatic heterocycles. The highest BCUT2D eigenvalue weighted by Gasteiger charge is 2.19.